The van der Waals surface area contributed by atoms with Gasteiger partial charge in [-0.3, -0.25) is 4.79 Å². The minimum absolute atomic E-state index is 0.0857. The third kappa shape index (κ3) is 1.86. The molecule has 4 heteroatoms. The van der Waals surface area contributed by atoms with Crippen molar-refractivity contribution in [1.82, 2.24) is 0 Å². The Morgan fingerprint density at radius 3 is 2.95 bits per heavy atom. The summed E-state index contributed by atoms with van der Waals surface area (Å²) in [7, 11) is 0. The Morgan fingerprint density at radius 2 is 2.18 bits per heavy atom. The van der Waals surface area contributed by atoms with E-state index in [0.29, 0.717) is 18.8 Å². The van der Waals surface area contributed by atoms with Crippen LogP contribution in [0.25, 0.3) is 0 Å². The third-order valence-corrected chi connectivity index (χ3v) is 5.60. The van der Waals surface area contributed by atoms with Gasteiger partial charge in [0.1, 0.15) is 0 Å². The third-order valence-electron chi connectivity index (χ3n) is 5.60. The molecule has 0 aromatic heterocycles. The summed E-state index contributed by atoms with van der Waals surface area (Å²) >= 11 is 0. The number of carbonyl (C=O) groups is 2. The van der Waals surface area contributed by atoms with E-state index in [9.17, 15) is 9.59 Å². The molecule has 0 aromatic rings. The molecule has 1 saturated heterocycles. The van der Waals surface area contributed by atoms with Crippen molar-refractivity contribution >= 4 is 11.8 Å². The number of Topliss-reactive ketones (excluding diaryl/α,β-unsaturated/α-hetero) is 1. The van der Waals surface area contributed by atoms with E-state index in [4.69, 9.17) is 9.47 Å². The van der Waals surface area contributed by atoms with Gasteiger partial charge >= 0.3 is 5.97 Å². The number of ketones is 1. The van der Waals surface area contributed by atoms with E-state index in [2.05, 4.69) is 6.58 Å². The van der Waals surface area contributed by atoms with Crippen LogP contribution in [0.5, 0.6) is 0 Å². The van der Waals surface area contributed by atoms with Gasteiger partial charge in [-0.2, -0.15) is 0 Å². The molecule has 1 saturated carbocycles. The lowest BCUT2D eigenvalue weighted by molar-refractivity contribution is -0.178. The summed E-state index contributed by atoms with van der Waals surface area (Å²) in [6, 6.07) is 0. The van der Waals surface area contributed by atoms with Gasteiger partial charge in [-0.1, -0.05) is 11.6 Å². The molecule has 0 aromatic carbocycles. The molecule has 3 unspecified atom stereocenters. The first kappa shape index (κ1) is 13.9. The molecule has 1 heterocycles. The number of ether oxygens (including phenoxy) is 2. The molecular formula is C18H20O4. The van der Waals surface area contributed by atoms with Crippen LogP contribution in [-0.4, -0.2) is 24.1 Å². The van der Waals surface area contributed by atoms with Gasteiger partial charge in [0.15, 0.2) is 5.78 Å². The molecule has 0 N–H and O–H groups in total. The minimum Gasteiger partial charge on any atom is -0.432 e. The summed E-state index contributed by atoms with van der Waals surface area (Å²) < 4.78 is 11.6. The maximum atomic E-state index is 12.1. The van der Waals surface area contributed by atoms with Crippen molar-refractivity contribution in [3.05, 3.63) is 34.9 Å². The van der Waals surface area contributed by atoms with Crippen molar-refractivity contribution in [2.24, 2.45) is 11.8 Å². The predicted octanol–water partition coefficient (Wildman–Crippen LogP) is 2.85. The maximum absolute atomic E-state index is 12.1. The van der Waals surface area contributed by atoms with Crippen LogP contribution in [0.1, 0.15) is 39.0 Å². The smallest absolute Gasteiger partial charge is 0.336 e. The zero-order chi connectivity index (χ0) is 15.4. The van der Waals surface area contributed by atoms with Gasteiger partial charge in [-0.05, 0) is 44.1 Å². The van der Waals surface area contributed by atoms with Gasteiger partial charge in [0.25, 0.3) is 0 Å². The molecule has 4 atom stereocenters. The number of hydrogen-bond donors (Lipinski definition) is 0. The first-order valence-electron chi connectivity index (χ1n) is 8.02. The molecule has 4 aliphatic rings. The predicted molar refractivity (Wildman–Crippen MR) is 79.7 cm³/mol. The first-order chi connectivity index (χ1) is 10.6. The molecule has 4 nitrogen and oxygen atoms in total. The van der Waals surface area contributed by atoms with Crippen LogP contribution in [-0.2, 0) is 19.1 Å². The Kier molecular flexibility index (Phi) is 3.12. The molecule has 2 bridgehead atoms. The molecule has 22 heavy (non-hydrogen) atoms. The normalized spacial score (nSPS) is 36.4. The number of esters is 1. The van der Waals surface area contributed by atoms with E-state index < -0.39 is 6.29 Å². The molecule has 1 aliphatic heterocycles. The summed E-state index contributed by atoms with van der Waals surface area (Å²) in [5.74, 6) is 0.487. The summed E-state index contributed by atoms with van der Waals surface area (Å²) in [5.41, 5.74) is 3.91. The summed E-state index contributed by atoms with van der Waals surface area (Å²) in [5, 5.41) is 0. The molecule has 3 aliphatic carbocycles. The quantitative estimate of drug-likeness (QED) is 0.592. The Balaban J connectivity index is 1.55. The number of hydrogen-bond acceptors (Lipinski definition) is 4. The molecule has 4 rings (SSSR count). The molecule has 0 radical (unpaired) electrons. The lowest BCUT2D eigenvalue weighted by atomic mass is 9.87. The van der Waals surface area contributed by atoms with Gasteiger partial charge in [-0.15, -0.1) is 6.58 Å². The number of carbonyl (C=O) groups excluding carboxylic acids is 2. The second-order valence-electron chi connectivity index (χ2n) is 6.73. The highest BCUT2D eigenvalue weighted by molar-refractivity contribution is 5.99. The van der Waals surface area contributed by atoms with Gasteiger partial charge in [0.2, 0.25) is 6.29 Å². The first-order valence-corrected chi connectivity index (χ1v) is 8.02. The molecular weight excluding hydrogens is 280 g/mol. The zero-order valence-corrected chi connectivity index (χ0v) is 12.8. The van der Waals surface area contributed by atoms with Gasteiger partial charge in [0, 0.05) is 17.6 Å². The van der Waals surface area contributed by atoms with E-state index in [0.717, 1.165) is 36.0 Å². The average molecular weight is 300 g/mol. The highest BCUT2D eigenvalue weighted by Gasteiger charge is 2.54. The second-order valence-corrected chi connectivity index (χ2v) is 6.73. The van der Waals surface area contributed by atoms with Crippen LogP contribution in [0.15, 0.2) is 34.9 Å². The summed E-state index contributed by atoms with van der Waals surface area (Å²) in [4.78, 5) is 24.2. The van der Waals surface area contributed by atoms with Crippen molar-refractivity contribution in [3.63, 3.8) is 0 Å². The van der Waals surface area contributed by atoms with E-state index >= 15 is 0 Å². The Hall–Kier alpha value is -1.68. The fourth-order valence-corrected chi connectivity index (χ4v) is 4.49. The topological polar surface area (TPSA) is 52.6 Å². The molecule has 0 spiro atoms. The Bertz CT molecular complexity index is 639. The fraction of sp³-hybridized carbons (Fsp3) is 0.556. The highest BCUT2D eigenvalue weighted by atomic mass is 16.7. The number of cyclic esters (lactones) is 1. The number of allylic oxidation sites excluding steroid dienone is 3. The van der Waals surface area contributed by atoms with Crippen LogP contribution >= 0.6 is 0 Å². The lowest BCUT2D eigenvalue weighted by Gasteiger charge is -2.25. The van der Waals surface area contributed by atoms with Crippen molar-refractivity contribution in [2.75, 3.05) is 0 Å². The van der Waals surface area contributed by atoms with Gasteiger partial charge in [-0.25, -0.2) is 4.79 Å². The monoisotopic (exact) mass is 300 g/mol. The number of rotatable bonds is 4. The largest absolute Gasteiger partial charge is 0.432 e. The maximum Gasteiger partial charge on any atom is 0.336 e. The van der Waals surface area contributed by atoms with Crippen LogP contribution in [0.2, 0.25) is 0 Å². The van der Waals surface area contributed by atoms with Crippen LogP contribution < -0.4 is 0 Å². The van der Waals surface area contributed by atoms with E-state index in [1.807, 2.05) is 6.92 Å². The van der Waals surface area contributed by atoms with Crippen LogP contribution in [0.4, 0.5) is 0 Å². The summed E-state index contributed by atoms with van der Waals surface area (Å²) in [6.07, 6.45) is 5.08. The van der Waals surface area contributed by atoms with E-state index in [1.54, 1.807) is 6.08 Å². The Labute approximate surface area is 129 Å². The van der Waals surface area contributed by atoms with Gasteiger partial charge in [0.05, 0.1) is 12.0 Å². The van der Waals surface area contributed by atoms with Crippen molar-refractivity contribution in [3.8, 4) is 0 Å². The molecule has 2 fully saturated rings. The SMILES string of the molecule is C=CCC1=C(C)[C@H](OC2OC(=O)C3=C4CCC(C4)C32)CC1=O. The van der Waals surface area contributed by atoms with Crippen molar-refractivity contribution < 1.29 is 19.1 Å². The second kappa shape index (κ2) is 4.92. The minimum atomic E-state index is -0.513. The zero-order valence-electron chi connectivity index (χ0n) is 12.8. The van der Waals surface area contributed by atoms with Crippen molar-refractivity contribution in [2.45, 2.75) is 51.4 Å². The van der Waals surface area contributed by atoms with Gasteiger partial charge < -0.3 is 9.47 Å². The van der Waals surface area contributed by atoms with E-state index in [-0.39, 0.29) is 23.8 Å². The molecule has 0 amide bonds. The highest BCUT2D eigenvalue weighted by Crippen LogP contribution is 2.54. The molecule has 116 valence electrons. The number of fused-ring (bicyclic) bond motifs is 4. The average Bonchev–Trinajstić information content (AvgIpc) is 3.21. The standard InChI is InChI=1S/C18H20O4/c1-3-4-12-9(2)14(8-13(12)19)21-18-16-11-6-5-10(7-11)15(16)17(20)22-18/h3,11,14,16,18H,1,4-8H2,2H3/t11?,14-,16?,18?/m1/s1. The van der Waals surface area contributed by atoms with Crippen molar-refractivity contribution in [1.29, 1.82) is 0 Å². The Morgan fingerprint density at radius 1 is 1.36 bits per heavy atom. The van der Waals surface area contributed by atoms with E-state index in [1.165, 1.54) is 5.57 Å². The van der Waals surface area contributed by atoms with Crippen LogP contribution in [0.3, 0.4) is 0 Å². The van der Waals surface area contributed by atoms with Crippen LogP contribution in [0, 0.1) is 11.8 Å². The fourth-order valence-electron chi connectivity index (χ4n) is 4.49. The lowest BCUT2D eigenvalue weighted by Crippen LogP contribution is -2.30. The summed E-state index contributed by atoms with van der Waals surface area (Å²) in [6.45, 7) is 5.63.